The van der Waals surface area contributed by atoms with E-state index in [1.54, 1.807) is 0 Å². The molecule has 2 aliphatic rings. The lowest BCUT2D eigenvalue weighted by Crippen LogP contribution is -2.37. The summed E-state index contributed by atoms with van der Waals surface area (Å²) in [7, 11) is 0. The summed E-state index contributed by atoms with van der Waals surface area (Å²) in [5, 5.41) is 0. The Morgan fingerprint density at radius 2 is 1.89 bits per heavy atom. The molecule has 2 aliphatic carbocycles. The number of aryl methyl sites for hydroxylation is 1. The van der Waals surface area contributed by atoms with E-state index in [1.165, 1.54) is 38.5 Å². The molecule has 0 N–H and O–H groups in total. The van der Waals surface area contributed by atoms with Gasteiger partial charge in [0.1, 0.15) is 0 Å². The predicted molar refractivity (Wildman–Crippen MR) is 106 cm³/mol. The van der Waals surface area contributed by atoms with E-state index in [0.717, 1.165) is 31.1 Å². The number of fused-ring (bicyclic) bond motifs is 1. The van der Waals surface area contributed by atoms with Crippen molar-refractivity contribution in [1.29, 1.82) is 0 Å². The highest BCUT2D eigenvalue weighted by Crippen LogP contribution is 2.49. The van der Waals surface area contributed by atoms with Crippen LogP contribution in [0.15, 0.2) is 21.3 Å². The largest absolute Gasteiger partial charge is 0.421 e. The molecule has 2 fully saturated rings. The lowest BCUT2D eigenvalue weighted by atomic mass is 9.62. The number of pyridine rings is 1. The highest BCUT2D eigenvalue weighted by Gasteiger charge is 2.40. The number of rotatable bonds is 4. The molecule has 4 rings (SSSR count). The molecule has 5 heteroatoms. The van der Waals surface area contributed by atoms with Crippen molar-refractivity contribution in [2.75, 3.05) is 6.61 Å². The monoisotopic (exact) mass is 372 g/mol. The molecule has 0 saturated heterocycles. The third kappa shape index (κ3) is 3.58. The highest BCUT2D eigenvalue weighted by molar-refractivity contribution is 5.68. The highest BCUT2D eigenvalue weighted by atomic mass is 16.5. The van der Waals surface area contributed by atoms with Crippen molar-refractivity contribution in [1.82, 2.24) is 9.55 Å². The molecule has 0 aliphatic heterocycles. The maximum absolute atomic E-state index is 12.4. The Morgan fingerprint density at radius 3 is 2.56 bits per heavy atom. The topological polar surface area (TPSA) is 57.3 Å². The summed E-state index contributed by atoms with van der Waals surface area (Å²) in [5.41, 5.74) is 2.67. The molecule has 27 heavy (non-hydrogen) atoms. The minimum atomic E-state index is -0.255. The number of nitrogens with zero attached hydrogens (tertiary/aromatic N) is 2. The number of oxazole rings is 1. The molecule has 2 heterocycles. The first-order valence-corrected chi connectivity index (χ1v) is 10.6. The first kappa shape index (κ1) is 18.7. The van der Waals surface area contributed by atoms with Crippen molar-refractivity contribution in [3.05, 3.63) is 28.4 Å². The number of hydrogen-bond donors (Lipinski definition) is 0. The van der Waals surface area contributed by atoms with Crippen LogP contribution in [0, 0.1) is 18.3 Å². The summed E-state index contributed by atoms with van der Waals surface area (Å²) < 4.78 is 13.1. The average Bonchev–Trinajstić information content (AvgIpc) is 2.99. The van der Waals surface area contributed by atoms with E-state index >= 15 is 0 Å². The molecule has 0 bridgehead atoms. The second-order valence-corrected chi connectivity index (χ2v) is 8.83. The van der Waals surface area contributed by atoms with E-state index in [9.17, 15) is 4.79 Å². The van der Waals surface area contributed by atoms with Crippen LogP contribution >= 0.6 is 0 Å². The summed E-state index contributed by atoms with van der Waals surface area (Å²) in [6, 6.07) is 3.97. The minimum Gasteiger partial charge on any atom is -0.406 e. The molecule has 0 radical (unpaired) electrons. The second kappa shape index (κ2) is 7.42. The van der Waals surface area contributed by atoms with E-state index < -0.39 is 0 Å². The Bertz CT molecular complexity index is 837. The lowest BCUT2D eigenvalue weighted by Gasteiger charge is -2.45. The van der Waals surface area contributed by atoms with Crippen LogP contribution in [-0.4, -0.2) is 22.3 Å². The van der Waals surface area contributed by atoms with Gasteiger partial charge in [0.05, 0.1) is 6.10 Å². The lowest BCUT2D eigenvalue weighted by molar-refractivity contribution is -0.0193. The van der Waals surface area contributed by atoms with Gasteiger partial charge >= 0.3 is 5.76 Å². The predicted octanol–water partition coefficient (Wildman–Crippen LogP) is 5.01. The van der Waals surface area contributed by atoms with Crippen LogP contribution < -0.4 is 5.76 Å². The van der Waals surface area contributed by atoms with Crippen LogP contribution in [0.25, 0.3) is 11.2 Å². The molecule has 2 aromatic heterocycles. The first-order chi connectivity index (χ1) is 13.0. The van der Waals surface area contributed by atoms with Gasteiger partial charge in [-0.3, -0.25) is 4.57 Å². The molecule has 0 spiro atoms. The van der Waals surface area contributed by atoms with Crippen LogP contribution in [0.4, 0.5) is 0 Å². The van der Waals surface area contributed by atoms with Gasteiger partial charge in [-0.1, -0.05) is 6.92 Å². The summed E-state index contributed by atoms with van der Waals surface area (Å²) in [4.78, 5) is 17.0. The van der Waals surface area contributed by atoms with E-state index in [0.29, 0.717) is 22.7 Å². The van der Waals surface area contributed by atoms with Crippen LogP contribution in [0.5, 0.6) is 0 Å². The Hall–Kier alpha value is -1.62. The molecule has 0 atom stereocenters. The molecule has 5 nitrogen and oxygen atoms in total. The van der Waals surface area contributed by atoms with Crippen molar-refractivity contribution in [3.63, 3.8) is 0 Å². The molecule has 2 saturated carbocycles. The smallest absolute Gasteiger partial charge is 0.406 e. The van der Waals surface area contributed by atoms with Gasteiger partial charge in [-0.2, -0.15) is 0 Å². The average molecular weight is 373 g/mol. The fraction of sp³-hybridized carbons (Fsp3) is 0.727. The zero-order valence-corrected chi connectivity index (χ0v) is 16.9. The van der Waals surface area contributed by atoms with Gasteiger partial charge in [0.25, 0.3) is 0 Å². The van der Waals surface area contributed by atoms with Gasteiger partial charge in [0, 0.05) is 18.3 Å². The molecular weight excluding hydrogens is 340 g/mol. The maximum Gasteiger partial charge on any atom is 0.421 e. The van der Waals surface area contributed by atoms with E-state index in [1.807, 2.05) is 23.6 Å². The molecular formula is C22H32N2O3. The van der Waals surface area contributed by atoms with Gasteiger partial charge in [0.2, 0.25) is 0 Å². The SMILES string of the molecule is CCOC1CCC(C)(C2CCC(n3c(=O)oc4ccc(C)nc43)CC2)CC1. The number of ether oxygens (including phenoxy) is 1. The Balaban J connectivity index is 1.45. The van der Waals surface area contributed by atoms with Crippen molar-refractivity contribution in [2.24, 2.45) is 11.3 Å². The standard InChI is InChI=1S/C22H32N2O3/c1-4-26-18-11-13-22(3,14-12-18)16-6-8-17(9-7-16)24-20-19(27-21(24)25)10-5-15(2)23-20/h5,10,16-18H,4,6-9,11-14H2,1-3H3. The van der Waals surface area contributed by atoms with Gasteiger partial charge in [-0.05, 0) is 88.7 Å². The van der Waals surface area contributed by atoms with Crippen LogP contribution in [0.2, 0.25) is 0 Å². The van der Waals surface area contributed by atoms with Gasteiger partial charge in [-0.15, -0.1) is 0 Å². The fourth-order valence-electron chi connectivity index (χ4n) is 5.43. The van der Waals surface area contributed by atoms with Crippen LogP contribution in [-0.2, 0) is 4.74 Å². The van der Waals surface area contributed by atoms with E-state index in [2.05, 4.69) is 18.8 Å². The number of hydrogen-bond acceptors (Lipinski definition) is 4. The van der Waals surface area contributed by atoms with Gasteiger partial charge in [0.15, 0.2) is 11.2 Å². The van der Waals surface area contributed by atoms with E-state index in [-0.39, 0.29) is 11.8 Å². The normalized spacial score (nSPS) is 32.0. The van der Waals surface area contributed by atoms with Crippen molar-refractivity contribution in [3.8, 4) is 0 Å². The van der Waals surface area contributed by atoms with Crippen molar-refractivity contribution >= 4 is 11.2 Å². The van der Waals surface area contributed by atoms with Crippen LogP contribution in [0.1, 0.15) is 76.9 Å². The Kier molecular flexibility index (Phi) is 5.15. The third-order valence-electron chi connectivity index (χ3n) is 7.13. The van der Waals surface area contributed by atoms with Crippen molar-refractivity contribution < 1.29 is 9.15 Å². The third-order valence-corrected chi connectivity index (χ3v) is 7.13. The zero-order chi connectivity index (χ0) is 19.0. The summed E-state index contributed by atoms with van der Waals surface area (Å²) >= 11 is 0. The van der Waals surface area contributed by atoms with E-state index in [4.69, 9.17) is 9.15 Å². The van der Waals surface area contributed by atoms with Crippen LogP contribution in [0.3, 0.4) is 0 Å². The Labute approximate surface area is 161 Å². The van der Waals surface area contributed by atoms with Crippen molar-refractivity contribution in [2.45, 2.75) is 84.3 Å². The molecule has 0 amide bonds. The van der Waals surface area contributed by atoms with Gasteiger partial charge < -0.3 is 9.15 Å². The summed E-state index contributed by atoms with van der Waals surface area (Å²) in [5.74, 6) is 0.495. The minimum absolute atomic E-state index is 0.215. The molecule has 2 aromatic rings. The fourth-order valence-corrected chi connectivity index (χ4v) is 5.43. The quantitative estimate of drug-likeness (QED) is 0.756. The maximum atomic E-state index is 12.4. The van der Waals surface area contributed by atoms with Gasteiger partial charge in [-0.25, -0.2) is 9.78 Å². The molecule has 0 unspecified atom stereocenters. The molecule has 148 valence electrons. The molecule has 0 aromatic carbocycles. The first-order valence-electron chi connectivity index (χ1n) is 10.6. The Morgan fingerprint density at radius 1 is 1.19 bits per heavy atom. The zero-order valence-electron chi connectivity index (χ0n) is 16.9. The summed E-state index contributed by atoms with van der Waals surface area (Å²) in [6.45, 7) is 7.35. The number of aromatic nitrogens is 2. The summed E-state index contributed by atoms with van der Waals surface area (Å²) in [6.07, 6.45) is 9.84. The second-order valence-electron chi connectivity index (χ2n) is 8.83.